The highest BCUT2D eigenvalue weighted by atomic mass is 35.5. The van der Waals surface area contributed by atoms with Gasteiger partial charge in [-0.05, 0) is 5.92 Å². The maximum atomic E-state index is 9.88. The standard InChI is InChI=1S/C15H24ClNO4/c1-10(2)8-21-9-11(18)7-17-13-6-14(19-3)12(16)5-15(13)20-4/h5-6,10-11,17-18H,7-9H2,1-4H3. The molecule has 0 aliphatic heterocycles. The Morgan fingerprint density at radius 3 is 2.38 bits per heavy atom. The van der Waals surface area contributed by atoms with Gasteiger partial charge in [0.25, 0.3) is 0 Å². The van der Waals surface area contributed by atoms with Crippen LogP contribution in [0.25, 0.3) is 0 Å². The molecule has 1 atom stereocenters. The minimum absolute atomic E-state index is 0.290. The van der Waals surface area contributed by atoms with E-state index in [1.807, 2.05) is 0 Å². The number of aliphatic hydroxyl groups is 1. The summed E-state index contributed by atoms with van der Waals surface area (Å²) in [5.41, 5.74) is 0.710. The van der Waals surface area contributed by atoms with Gasteiger partial charge in [-0.25, -0.2) is 0 Å². The van der Waals surface area contributed by atoms with Crippen LogP contribution in [0, 0.1) is 5.92 Å². The first kappa shape index (κ1) is 17.9. The van der Waals surface area contributed by atoms with Gasteiger partial charge >= 0.3 is 0 Å². The SMILES string of the molecule is COc1cc(NCC(O)COCC(C)C)c(OC)cc1Cl. The molecule has 0 bridgehead atoms. The molecule has 21 heavy (non-hydrogen) atoms. The molecule has 0 radical (unpaired) electrons. The third-order valence-corrected chi connectivity index (χ3v) is 3.06. The predicted molar refractivity (Wildman–Crippen MR) is 84.7 cm³/mol. The number of halogens is 1. The zero-order valence-electron chi connectivity index (χ0n) is 13.0. The number of aliphatic hydroxyl groups excluding tert-OH is 1. The van der Waals surface area contributed by atoms with Crippen molar-refractivity contribution in [1.29, 1.82) is 0 Å². The minimum Gasteiger partial charge on any atom is -0.495 e. The van der Waals surface area contributed by atoms with Gasteiger partial charge in [0.1, 0.15) is 11.5 Å². The lowest BCUT2D eigenvalue weighted by molar-refractivity contribution is 0.0317. The third kappa shape index (κ3) is 5.99. The van der Waals surface area contributed by atoms with Gasteiger partial charge in [0.05, 0.1) is 37.6 Å². The molecule has 0 saturated heterocycles. The Kier molecular flexibility index (Phi) is 7.64. The van der Waals surface area contributed by atoms with E-state index in [1.54, 1.807) is 26.4 Å². The maximum Gasteiger partial charge on any atom is 0.143 e. The summed E-state index contributed by atoms with van der Waals surface area (Å²) in [5.74, 6) is 1.59. The summed E-state index contributed by atoms with van der Waals surface area (Å²) in [6, 6.07) is 3.41. The number of ether oxygens (including phenoxy) is 3. The van der Waals surface area contributed by atoms with Gasteiger partial charge in [0.2, 0.25) is 0 Å². The molecule has 1 rings (SSSR count). The molecule has 0 aromatic heterocycles. The van der Waals surface area contributed by atoms with Crippen molar-refractivity contribution in [2.24, 2.45) is 5.92 Å². The molecule has 0 heterocycles. The predicted octanol–water partition coefficient (Wildman–Crippen LogP) is 2.80. The highest BCUT2D eigenvalue weighted by Gasteiger charge is 2.11. The quantitative estimate of drug-likeness (QED) is 0.733. The average Bonchev–Trinajstić information content (AvgIpc) is 2.45. The van der Waals surface area contributed by atoms with Crippen LogP contribution in [0.4, 0.5) is 5.69 Å². The lowest BCUT2D eigenvalue weighted by Crippen LogP contribution is -2.25. The van der Waals surface area contributed by atoms with Gasteiger partial charge in [-0.3, -0.25) is 0 Å². The van der Waals surface area contributed by atoms with Gasteiger partial charge in [-0.1, -0.05) is 25.4 Å². The van der Waals surface area contributed by atoms with Gasteiger partial charge in [0, 0.05) is 25.3 Å². The molecule has 1 aromatic rings. The number of methoxy groups -OCH3 is 2. The van der Waals surface area contributed by atoms with Crippen molar-refractivity contribution in [3.8, 4) is 11.5 Å². The molecule has 0 aliphatic rings. The monoisotopic (exact) mass is 317 g/mol. The first-order valence-corrected chi connectivity index (χ1v) is 7.26. The summed E-state index contributed by atoms with van der Waals surface area (Å²) in [6.07, 6.45) is -0.602. The Morgan fingerprint density at radius 2 is 1.81 bits per heavy atom. The second-order valence-corrected chi connectivity index (χ2v) is 5.56. The minimum atomic E-state index is -0.602. The second-order valence-electron chi connectivity index (χ2n) is 5.15. The van der Waals surface area contributed by atoms with Gasteiger partial charge in [-0.2, -0.15) is 0 Å². The normalized spacial score (nSPS) is 12.3. The maximum absolute atomic E-state index is 9.88. The number of nitrogens with one attached hydrogen (secondary N) is 1. The van der Waals surface area contributed by atoms with E-state index < -0.39 is 6.10 Å². The Bertz CT molecular complexity index is 440. The number of hydrogen-bond acceptors (Lipinski definition) is 5. The Balaban J connectivity index is 2.57. The lowest BCUT2D eigenvalue weighted by atomic mass is 10.2. The van der Waals surface area contributed by atoms with Crippen LogP contribution in [0.1, 0.15) is 13.8 Å². The van der Waals surface area contributed by atoms with E-state index in [0.29, 0.717) is 41.3 Å². The summed E-state index contributed by atoms with van der Waals surface area (Å²) < 4.78 is 15.8. The molecule has 0 spiro atoms. The highest BCUT2D eigenvalue weighted by Crippen LogP contribution is 2.35. The van der Waals surface area contributed by atoms with Gasteiger partial charge < -0.3 is 24.6 Å². The molecule has 1 aromatic carbocycles. The zero-order chi connectivity index (χ0) is 15.8. The van der Waals surface area contributed by atoms with Crippen molar-refractivity contribution >= 4 is 17.3 Å². The van der Waals surface area contributed by atoms with Crippen LogP contribution in [0.15, 0.2) is 12.1 Å². The zero-order valence-corrected chi connectivity index (χ0v) is 13.7. The van der Waals surface area contributed by atoms with Crippen molar-refractivity contribution in [2.45, 2.75) is 20.0 Å². The summed E-state index contributed by atoms with van der Waals surface area (Å²) >= 11 is 6.04. The van der Waals surface area contributed by atoms with E-state index in [0.717, 1.165) is 0 Å². The van der Waals surface area contributed by atoms with Gasteiger partial charge in [0.15, 0.2) is 0 Å². The number of benzene rings is 1. The van der Waals surface area contributed by atoms with E-state index in [1.165, 1.54) is 0 Å². The van der Waals surface area contributed by atoms with Crippen molar-refractivity contribution in [2.75, 3.05) is 39.3 Å². The Labute approximate surface area is 131 Å². The van der Waals surface area contributed by atoms with Crippen molar-refractivity contribution in [1.82, 2.24) is 0 Å². The summed E-state index contributed by atoms with van der Waals surface area (Å²) in [4.78, 5) is 0. The molecule has 2 N–H and O–H groups in total. The van der Waals surface area contributed by atoms with Crippen molar-refractivity contribution < 1.29 is 19.3 Å². The van der Waals surface area contributed by atoms with Crippen LogP contribution in [0.3, 0.4) is 0 Å². The number of hydrogen-bond donors (Lipinski definition) is 2. The first-order valence-electron chi connectivity index (χ1n) is 6.89. The fourth-order valence-corrected chi connectivity index (χ4v) is 1.96. The van der Waals surface area contributed by atoms with E-state index in [2.05, 4.69) is 19.2 Å². The Morgan fingerprint density at radius 1 is 1.14 bits per heavy atom. The van der Waals surface area contributed by atoms with Crippen LogP contribution >= 0.6 is 11.6 Å². The number of anilines is 1. The largest absolute Gasteiger partial charge is 0.495 e. The summed E-state index contributed by atoms with van der Waals surface area (Å²) in [5, 5.41) is 13.5. The van der Waals surface area contributed by atoms with Crippen molar-refractivity contribution in [3.05, 3.63) is 17.2 Å². The summed E-state index contributed by atoms with van der Waals surface area (Å²) in [6.45, 7) is 5.40. The molecule has 0 aliphatic carbocycles. The smallest absolute Gasteiger partial charge is 0.143 e. The molecule has 120 valence electrons. The molecule has 0 amide bonds. The average molecular weight is 318 g/mol. The van der Waals surface area contributed by atoms with Crippen LogP contribution in [0.5, 0.6) is 11.5 Å². The Hall–Kier alpha value is -1.17. The van der Waals surface area contributed by atoms with E-state index in [9.17, 15) is 5.11 Å². The van der Waals surface area contributed by atoms with Gasteiger partial charge in [-0.15, -0.1) is 0 Å². The second kappa shape index (κ2) is 8.97. The third-order valence-electron chi connectivity index (χ3n) is 2.76. The van der Waals surface area contributed by atoms with E-state index in [4.69, 9.17) is 25.8 Å². The van der Waals surface area contributed by atoms with Crippen LogP contribution < -0.4 is 14.8 Å². The van der Waals surface area contributed by atoms with Crippen molar-refractivity contribution in [3.63, 3.8) is 0 Å². The molecule has 5 nitrogen and oxygen atoms in total. The molecular formula is C15H24ClNO4. The molecule has 0 saturated carbocycles. The van der Waals surface area contributed by atoms with Crippen LogP contribution in [-0.4, -0.2) is 45.2 Å². The topological polar surface area (TPSA) is 60.0 Å². The molecule has 6 heteroatoms. The van der Waals surface area contributed by atoms with E-state index in [-0.39, 0.29) is 6.61 Å². The molecule has 0 fully saturated rings. The van der Waals surface area contributed by atoms with Crippen LogP contribution in [0.2, 0.25) is 5.02 Å². The molecular weight excluding hydrogens is 294 g/mol. The van der Waals surface area contributed by atoms with Crippen LogP contribution in [-0.2, 0) is 4.74 Å². The first-order chi connectivity index (χ1) is 9.97. The lowest BCUT2D eigenvalue weighted by Gasteiger charge is -2.17. The fraction of sp³-hybridized carbons (Fsp3) is 0.600. The number of rotatable bonds is 9. The molecule has 1 unspecified atom stereocenters. The fourth-order valence-electron chi connectivity index (χ4n) is 1.73. The highest BCUT2D eigenvalue weighted by molar-refractivity contribution is 6.32. The summed E-state index contributed by atoms with van der Waals surface area (Å²) in [7, 11) is 3.11. The van der Waals surface area contributed by atoms with E-state index >= 15 is 0 Å².